The molecule has 0 saturated heterocycles. The summed E-state index contributed by atoms with van der Waals surface area (Å²) in [6, 6.07) is 0. The van der Waals surface area contributed by atoms with E-state index in [1.54, 1.807) is 0 Å². The maximum Gasteiger partial charge on any atom is 0.235 e. The van der Waals surface area contributed by atoms with Gasteiger partial charge in [-0.25, -0.2) is 8.42 Å². The standard InChI is InChI=1S/C8H19N3O3S/c1-3-5-11(7-8(12)10-2)15(13,14)6-4-9/h3-7,9H2,1-2H3,(H,10,12). The third kappa shape index (κ3) is 5.10. The van der Waals surface area contributed by atoms with Gasteiger partial charge in [0, 0.05) is 20.1 Å². The summed E-state index contributed by atoms with van der Waals surface area (Å²) in [5.41, 5.74) is 5.21. The maximum atomic E-state index is 11.6. The van der Waals surface area contributed by atoms with Crippen LogP contribution < -0.4 is 11.1 Å². The van der Waals surface area contributed by atoms with Gasteiger partial charge in [-0.15, -0.1) is 0 Å². The Morgan fingerprint density at radius 3 is 2.47 bits per heavy atom. The van der Waals surface area contributed by atoms with Gasteiger partial charge in [0.05, 0.1) is 12.3 Å². The van der Waals surface area contributed by atoms with Crippen molar-refractivity contribution in [3.8, 4) is 0 Å². The van der Waals surface area contributed by atoms with Crippen molar-refractivity contribution in [3.63, 3.8) is 0 Å². The Hall–Kier alpha value is -0.660. The minimum absolute atomic E-state index is 0.0658. The number of nitrogens with one attached hydrogen (secondary N) is 1. The second kappa shape index (κ2) is 6.76. The fourth-order valence-electron chi connectivity index (χ4n) is 1.08. The van der Waals surface area contributed by atoms with E-state index in [2.05, 4.69) is 5.32 Å². The molecule has 3 N–H and O–H groups in total. The van der Waals surface area contributed by atoms with E-state index in [1.165, 1.54) is 11.4 Å². The first-order chi connectivity index (χ1) is 6.97. The molecule has 0 saturated carbocycles. The fourth-order valence-corrected chi connectivity index (χ4v) is 2.41. The summed E-state index contributed by atoms with van der Waals surface area (Å²) < 4.78 is 24.4. The van der Waals surface area contributed by atoms with Crippen LogP contribution in [0, 0.1) is 0 Å². The van der Waals surface area contributed by atoms with Crippen LogP contribution in [0.3, 0.4) is 0 Å². The van der Waals surface area contributed by atoms with E-state index in [0.717, 1.165) is 0 Å². The minimum Gasteiger partial charge on any atom is -0.358 e. The van der Waals surface area contributed by atoms with Crippen molar-refractivity contribution in [2.45, 2.75) is 13.3 Å². The van der Waals surface area contributed by atoms with Crippen molar-refractivity contribution in [3.05, 3.63) is 0 Å². The predicted octanol–water partition coefficient (Wildman–Crippen LogP) is -1.27. The number of hydrogen-bond acceptors (Lipinski definition) is 4. The van der Waals surface area contributed by atoms with Crippen molar-refractivity contribution >= 4 is 15.9 Å². The Kier molecular flexibility index (Phi) is 6.46. The topological polar surface area (TPSA) is 92.5 Å². The lowest BCUT2D eigenvalue weighted by Crippen LogP contribution is -2.42. The van der Waals surface area contributed by atoms with Crippen molar-refractivity contribution in [1.29, 1.82) is 0 Å². The molecule has 0 unspecified atom stereocenters. The first-order valence-electron chi connectivity index (χ1n) is 4.86. The number of carbonyl (C=O) groups excluding carboxylic acids is 1. The molecule has 15 heavy (non-hydrogen) atoms. The summed E-state index contributed by atoms with van der Waals surface area (Å²) in [5, 5.41) is 2.39. The van der Waals surface area contributed by atoms with E-state index in [-0.39, 0.29) is 24.7 Å². The summed E-state index contributed by atoms with van der Waals surface area (Å²) in [4.78, 5) is 11.1. The van der Waals surface area contributed by atoms with E-state index in [9.17, 15) is 13.2 Å². The number of sulfonamides is 1. The second-order valence-corrected chi connectivity index (χ2v) is 5.20. The summed E-state index contributed by atoms with van der Waals surface area (Å²) in [6.45, 7) is 2.13. The molecule has 0 aliphatic carbocycles. The van der Waals surface area contributed by atoms with Gasteiger partial charge in [0.1, 0.15) is 0 Å². The first kappa shape index (κ1) is 14.3. The lowest BCUT2D eigenvalue weighted by atomic mass is 10.4. The Balaban J connectivity index is 4.57. The molecule has 0 atom stereocenters. The van der Waals surface area contributed by atoms with Crippen LogP contribution in [-0.2, 0) is 14.8 Å². The van der Waals surface area contributed by atoms with Crippen LogP contribution in [0.25, 0.3) is 0 Å². The zero-order chi connectivity index (χ0) is 11.9. The van der Waals surface area contributed by atoms with Gasteiger partial charge in [-0.3, -0.25) is 4.79 Å². The highest BCUT2D eigenvalue weighted by molar-refractivity contribution is 7.89. The van der Waals surface area contributed by atoms with Gasteiger partial charge < -0.3 is 11.1 Å². The molecule has 1 amide bonds. The molecule has 90 valence electrons. The molecule has 7 heteroatoms. The van der Waals surface area contributed by atoms with E-state index in [0.29, 0.717) is 13.0 Å². The number of nitrogens with two attached hydrogens (primary N) is 1. The smallest absolute Gasteiger partial charge is 0.235 e. The van der Waals surface area contributed by atoms with Crippen LogP contribution in [0.1, 0.15) is 13.3 Å². The number of nitrogens with zero attached hydrogens (tertiary/aromatic N) is 1. The van der Waals surface area contributed by atoms with Gasteiger partial charge in [-0.1, -0.05) is 6.92 Å². The van der Waals surface area contributed by atoms with Gasteiger partial charge in [-0.05, 0) is 6.42 Å². The third-order valence-corrected chi connectivity index (χ3v) is 3.69. The molecule has 0 fully saturated rings. The molecule has 0 aliphatic heterocycles. The van der Waals surface area contributed by atoms with E-state index >= 15 is 0 Å². The Labute approximate surface area is 90.9 Å². The fraction of sp³-hybridized carbons (Fsp3) is 0.875. The van der Waals surface area contributed by atoms with E-state index < -0.39 is 10.0 Å². The number of rotatable bonds is 7. The summed E-state index contributed by atoms with van der Waals surface area (Å²) in [7, 11) is -1.92. The largest absolute Gasteiger partial charge is 0.358 e. The van der Waals surface area contributed by atoms with Crippen LogP contribution in [-0.4, -0.2) is 51.1 Å². The lowest BCUT2D eigenvalue weighted by Gasteiger charge is -2.20. The molecule has 0 aromatic rings. The summed E-state index contributed by atoms with van der Waals surface area (Å²) in [5.74, 6) is -0.437. The molecule has 6 nitrogen and oxygen atoms in total. The minimum atomic E-state index is -3.39. The van der Waals surface area contributed by atoms with Gasteiger partial charge >= 0.3 is 0 Å². The average molecular weight is 237 g/mol. The normalized spacial score (nSPS) is 11.7. The van der Waals surface area contributed by atoms with Gasteiger partial charge in [0.2, 0.25) is 15.9 Å². The molecule has 0 bridgehead atoms. The third-order valence-electron chi connectivity index (χ3n) is 1.84. The van der Waals surface area contributed by atoms with Crippen molar-refractivity contribution in [1.82, 2.24) is 9.62 Å². The van der Waals surface area contributed by atoms with Crippen LogP contribution in [0.4, 0.5) is 0 Å². The van der Waals surface area contributed by atoms with Crippen molar-refractivity contribution in [2.24, 2.45) is 5.73 Å². The molecule has 0 aliphatic rings. The van der Waals surface area contributed by atoms with E-state index in [1.807, 2.05) is 6.92 Å². The summed E-state index contributed by atoms with van der Waals surface area (Å²) >= 11 is 0. The highest BCUT2D eigenvalue weighted by Crippen LogP contribution is 2.02. The maximum absolute atomic E-state index is 11.6. The number of amides is 1. The Bertz CT molecular complexity index is 290. The molecule has 0 aromatic carbocycles. The van der Waals surface area contributed by atoms with Gasteiger partial charge in [0.25, 0.3) is 0 Å². The zero-order valence-electron chi connectivity index (χ0n) is 9.19. The molecule has 0 rings (SSSR count). The molecular weight excluding hydrogens is 218 g/mol. The van der Waals surface area contributed by atoms with E-state index in [4.69, 9.17) is 5.73 Å². The monoisotopic (exact) mass is 237 g/mol. The molecule has 0 heterocycles. The number of likely N-dealkylation sites (N-methyl/N-ethyl adjacent to an activating group) is 1. The van der Waals surface area contributed by atoms with Gasteiger partial charge in [0.15, 0.2) is 0 Å². The highest BCUT2D eigenvalue weighted by Gasteiger charge is 2.22. The number of carbonyl (C=O) groups is 1. The molecular formula is C8H19N3O3S. The van der Waals surface area contributed by atoms with Gasteiger partial charge in [-0.2, -0.15) is 4.31 Å². The number of hydrogen-bond donors (Lipinski definition) is 2. The van der Waals surface area contributed by atoms with Crippen molar-refractivity contribution < 1.29 is 13.2 Å². The van der Waals surface area contributed by atoms with Crippen LogP contribution in [0.15, 0.2) is 0 Å². The quantitative estimate of drug-likeness (QED) is 0.577. The Morgan fingerprint density at radius 2 is 2.07 bits per heavy atom. The first-order valence-corrected chi connectivity index (χ1v) is 6.47. The molecule has 0 radical (unpaired) electrons. The van der Waals surface area contributed by atoms with Crippen molar-refractivity contribution in [2.75, 3.05) is 32.4 Å². The highest BCUT2D eigenvalue weighted by atomic mass is 32.2. The van der Waals surface area contributed by atoms with Crippen LogP contribution in [0.5, 0.6) is 0 Å². The molecule has 0 aromatic heterocycles. The summed E-state index contributed by atoms with van der Waals surface area (Å²) in [6.07, 6.45) is 0.667. The lowest BCUT2D eigenvalue weighted by molar-refractivity contribution is -0.120. The predicted molar refractivity (Wildman–Crippen MR) is 58.8 cm³/mol. The molecule has 0 spiro atoms. The Morgan fingerprint density at radius 1 is 1.47 bits per heavy atom. The zero-order valence-corrected chi connectivity index (χ0v) is 10.0. The SMILES string of the molecule is CCCN(CC(=O)NC)S(=O)(=O)CCN. The second-order valence-electron chi connectivity index (χ2n) is 3.11. The van der Waals surface area contributed by atoms with Crippen LogP contribution in [0.2, 0.25) is 0 Å². The van der Waals surface area contributed by atoms with Crippen LogP contribution >= 0.6 is 0 Å². The average Bonchev–Trinajstić information content (AvgIpc) is 2.16.